The topological polar surface area (TPSA) is 71.2 Å². The molecule has 0 atom stereocenters. The average molecular weight is 354 g/mol. The quantitative estimate of drug-likeness (QED) is 0.740. The van der Waals surface area contributed by atoms with E-state index < -0.39 is 11.7 Å². The number of aromatic amines is 1. The van der Waals surface area contributed by atoms with E-state index in [1.165, 1.54) is 18.2 Å². The van der Waals surface area contributed by atoms with Crippen LogP contribution in [0.1, 0.15) is 16.7 Å². The van der Waals surface area contributed by atoms with E-state index in [2.05, 4.69) is 10.3 Å². The Balaban J connectivity index is 1.65. The van der Waals surface area contributed by atoms with Crippen LogP contribution in [0.5, 0.6) is 5.75 Å². The van der Waals surface area contributed by atoms with Gasteiger partial charge in [0.2, 0.25) is 0 Å². The predicted molar refractivity (Wildman–Crippen MR) is 97.8 cm³/mol. The number of halogens is 1. The monoisotopic (exact) mass is 354 g/mol. The van der Waals surface area contributed by atoms with E-state index in [1.54, 1.807) is 12.1 Å². The summed E-state index contributed by atoms with van der Waals surface area (Å²) in [6.45, 7) is 3.82. The van der Waals surface area contributed by atoms with Gasteiger partial charge < -0.3 is 15.0 Å². The second-order valence-corrected chi connectivity index (χ2v) is 6.17. The van der Waals surface area contributed by atoms with E-state index >= 15 is 0 Å². The van der Waals surface area contributed by atoms with Crippen molar-refractivity contribution in [2.75, 3.05) is 6.61 Å². The third kappa shape index (κ3) is 4.08. The molecule has 1 aromatic heterocycles. The number of rotatable bonds is 5. The Kier molecular flexibility index (Phi) is 5.02. The predicted octanol–water partition coefficient (Wildman–Crippen LogP) is 2.98. The Morgan fingerprint density at radius 2 is 1.92 bits per heavy atom. The van der Waals surface area contributed by atoms with E-state index in [0.29, 0.717) is 5.56 Å². The summed E-state index contributed by atoms with van der Waals surface area (Å²) in [5, 5.41) is 3.55. The number of H-pyrrole nitrogens is 1. The zero-order valence-electron chi connectivity index (χ0n) is 14.6. The van der Waals surface area contributed by atoms with Crippen LogP contribution in [0.4, 0.5) is 4.39 Å². The Morgan fingerprint density at radius 1 is 1.15 bits per heavy atom. The Bertz CT molecular complexity index is 1030. The summed E-state index contributed by atoms with van der Waals surface area (Å²) in [5.74, 6) is -0.556. The third-order valence-electron chi connectivity index (χ3n) is 4.18. The van der Waals surface area contributed by atoms with Crippen LogP contribution in [0, 0.1) is 19.7 Å². The standard InChI is InChI=1S/C20H19FN2O3/c1-12-6-14-8-15(20(25)23-18(14)7-13(12)2)10-22-19(24)11-26-17-5-3-4-16(21)9-17/h3-9H,10-11H2,1-2H3,(H,22,24)(H,23,25). The molecule has 0 spiro atoms. The van der Waals surface area contributed by atoms with Gasteiger partial charge in [0.1, 0.15) is 11.6 Å². The van der Waals surface area contributed by atoms with E-state index in [1.807, 2.05) is 26.0 Å². The Morgan fingerprint density at radius 3 is 2.69 bits per heavy atom. The lowest BCUT2D eigenvalue weighted by molar-refractivity contribution is -0.123. The number of pyridine rings is 1. The van der Waals surface area contributed by atoms with Crippen LogP contribution in [-0.4, -0.2) is 17.5 Å². The minimum atomic E-state index is -0.434. The molecule has 0 bridgehead atoms. The van der Waals surface area contributed by atoms with Crippen molar-refractivity contribution in [3.8, 4) is 5.75 Å². The minimum Gasteiger partial charge on any atom is -0.484 e. The highest BCUT2D eigenvalue weighted by atomic mass is 19.1. The van der Waals surface area contributed by atoms with Gasteiger partial charge in [0.05, 0.1) is 0 Å². The Hall–Kier alpha value is -3.15. The van der Waals surface area contributed by atoms with Crippen molar-refractivity contribution in [1.29, 1.82) is 0 Å². The number of amides is 1. The molecular weight excluding hydrogens is 335 g/mol. The van der Waals surface area contributed by atoms with Crippen molar-refractivity contribution < 1.29 is 13.9 Å². The van der Waals surface area contributed by atoms with Crippen LogP contribution in [0.15, 0.2) is 47.3 Å². The highest BCUT2D eigenvalue weighted by Crippen LogP contribution is 2.17. The van der Waals surface area contributed by atoms with Gasteiger partial charge in [0, 0.05) is 23.7 Å². The minimum absolute atomic E-state index is 0.0868. The van der Waals surface area contributed by atoms with Crippen molar-refractivity contribution in [3.63, 3.8) is 0 Å². The summed E-state index contributed by atoms with van der Waals surface area (Å²) >= 11 is 0. The van der Waals surface area contributed by atoms with Crippen molar-refractivity contribution >= 4 is 16.8 Å². The summed E-state index contributed by atoms with van der Waals surface area (Å²) in [6, 6.07) is 11.3. The molecule has 2 N–H and O–H groups in total. The van der Waals surface area contributed by atoms with E-state index in [0.717, 1.165) is 22.0 Å². The number of hydrogen-bond donors (Lipinski definition) is 2. The molecule has 0 aliphatic heterocycles. The summed E-state index contributed by atoms with van der Waals surface area (Å²) in [7, 11) is 0. The lowest BCUT2D eigenvalue weighted by Gasteiger charge is -2.09. The van der Waals surface area contributed by atoms with Crippen LogP contribution < -0.4 is 15.6 Å². The second-order valence-electron chi connectivity index (χ2n) is 6.17. The molecule has 0 fully saturated rings. The fraction of sp³-hybridized carbons (Fsp3) is 0.200. The van der Waals surface area contributed by atoms with Crippen LogP contribution in [0.3, 0.4) is 0 Å². The third-order valence-corrected chi connectivity index (χ3v) is 4.18. The van der Waals surface area contributed by atoms with Gasteiger partial charge in [0.15, 0.2) is 6.61 Å². The number of aryl methyl sites for hydroxylation is 2. The summed E-state index contributed by atoms with van der Waals surface area (Å²) in [4.78, 5) is 26.9. The van der Waals surface area contributed by atoms with Gasteiger partial charge in [-0.05, 0) is 60.7 Å². The first-order valence-electron chi connectivity index (χ1n) is 8.20. The van der Waals surface area contributed by atoms with Gasteiger partial charge in [-0.25, -0.2) is 4.39 Å². The zero-order valence-corrected chi connectivity index (χ0v) is 14.6. The highest BCUT2D eigenvalue weighted by Gasteiger charge is 2.08. The van der Waals surface area contributed by atoms with Crippen LogP contribution >= 0.6 is 0 Å². The number of ether oxygens (including phenoxy) is 1. The van der Waals surface area contributed by atoms with Crippen LogP contribution in [-0.2, 0) is 11.3 Å². The number of fused-ring (bicyclic) bond motifs is 1. The molecule has 6 heteroatoms. The summed E-state index contributed by atoms with van der Waals surface area (Å²) < 4.78 is 18.3. The molecule has 2 aromatic carbocycles. The molecule has 3 aromatic rings. The maximum Gasteiger partial charge on any atom is 0.258 e. The fourth-order valence-electron chi connectivity index (χ4n) is 2.60. The van der Waals surface area contributed by atoms with Gasteiger partial charge in [0.25, 0.3) is 11.5 Å². The second kappa shape index (κ2) is 7.39. The highest BCUT2D eigenvalue weighted by molar-refractivity contribution is 5.81. The SMILES string of the molecule is Cc1cc2cc(CNC(=O)COc3cccc(F)c3)c(=O)[nH]c2cc1C. The van der Waals surface area contributed by atoms with Crippen LogP contribution in [0.2, 0.25) is 0 Å². The lowest BCUT2D eigenvalue weighted by atomic mass is 10.1. The first kappa shape index (κ1) is 17.7. The van der Waals surface area contributed by atoms with Crippen molar-refractivity contribution in [2.45, 2.75) is 20.4 Å². The number of nitrogens with one attached hydrogen (secondary N) is 2. The number of carbonyl (C=O) groups excluding carboxylic acids is 1. The van der Waals surface area contributed by atoms with Gasteiger partial charge in [-0.2, -0.15) is 0 Å². The molecule has 3 rings (SSSR count). The largest absolute Gasteiger partial charge is 0.484 e. The molecule has 0 saturated heterocycles. The molecular formula is C20H19FN2O3. The summed E-state index contributed by atoms with van der Waals surface area (Å²) in [5.41, 5.74) is 3.21. The average Bonchev–Trinajstić information content (AvgIpc) is 2.60. The van der Waals surface area contributed by atoms with Crippen LogP contribution in [0.25, 0.3) is 10.9 Å². The van der Waals surface area contributed by atoms with Gasteiger partial charge in [-0.1, -0.05) is 6.07 Å². The molecule has 1 heterocycles. The molecule has 0 aliphatic rings. The van der Waals surface area contributed by atoms with Gasteiger partial charge >= 0.3 is 0 Å². The van der Waals surface area contributed by atoms with E-state index in [9.17, 15) is 14.0 Å². The molecule has 5 nitrogen and oxygen atoms in total. The number of carbonyl (C=O) groups is 1. The molecule has 0 saturated carbocycles. The lowest BCUT2D eigenvalue weighted by Crippen LogP contribution is -2.30. The van der Waals surface area contributed by atoms with Crippen molar-refractivity contribution in [3.05, 3.63) is 75.3 Å². The fourth-order valence-corrected chi connectivity index (χ4v) is 2.60. The van der Waals surface area contributed by atoms with E-state index in [-0.39, 0.29) is 24.5 Å². The normalized spacial score (nSPS) is 10.7. The van der Waals surface area contributed by atoms with E-state index in [4.69, 9.17) is 4.74 Å². The number of hydrogen-bond acceptors (Lipinski definition) is 3. The molecule has 0 radical (unpaired) electrons. The number of aromatic nitrogens is 1. The molecule has 0 aliphatic carbocycles. The van der Waals surface area contributed by atoms with Crippen molar-refractivity contribution in [1.82, 2.24) is 10.3 Å². The maximum atomic E-state index is 13.1. The first-order chi connectivity index (χ1) is 12.4. The van der Waals surface area contributed by atoms with Gasteiger partial charge in [-0.3, -0.25) is 9.59 Å². The summed E-state index contributed by atoms with van der Waals surface area (Å²) in [6.07, 6.45) is 0. The zero-order chi connectivity index (χ0) is 18.7. The maximum absolute atomic E-state index is 13.1. The number of benzene rings is 2. The molecule has 0 unspecified atom stereocenters. The van der Waals surface area contributed by atoms with Crippen molar-refractivity contribution in [2.24, 2.45) is 0 Å². The van der Waals surface area contributed by atoms with Gasteiger partial charge in [-0.15, -0.1) is 0 Å². The molecule has 1 amide bonds. The smallest absolute Gasteiger partial charge is 0.258 e. The molecule has 134 valence electrons. The Labute approximate surface area is 149 Å². The molecule has 26 heavy (non-hydrogen) atoms. The first-order valence-corrected chi connectivity index (χ1v) is 8.20.